The first kappa shape index (κ1) is 16.0. The maximum atomic E-state index is 13.5. The highest BCUT2D eigenvalue weighted by Gasteiger charge is 2.51. The summed E-state index contributed by atoms with van der Waals surface area (Å²) in [6.07, 6.45) is 2.44. The van der Waals surface area contributed by atoms with E-state index in [-0.39, 0.29) is 33.4 Å². The molecule has 0 saturated carbocycles. The summed E-state index contributed by atoms with van der Waals surface area (Å²) in [6.45, 7) is 4.70. The summed E-state index contributed by atoms with van der Waals surface area (Å²) in [6, 6.07) is 4.03. The van der Waals surface area contributed by atoms with E-state index in [2.05, 4.69) is 0 Å². The molecule has 1 saturated heterocycles. The number of Topliss-reactive ketones (excluding diaryl/α,β-unsaturated/α-hetero) is 1. The van der Waals surface area contributed by atoms with Crippen LogP contribution in [0.15, 0.2) is 30.0 Å². The molecule has 0 atom stereocenters. The van der Waals surface area contributed by atoms with Gasteiger partial charge >= 0.3 is 0 Å². The van der Waals surface area contributed by atoms with Crippen molar-refractivity contribution in [3.05, 3.63) is 46.4 Å². The lowest BCUT2D eigenvalue weighted by Gasteiger charge is -2.53. The Morgan fingerprint density at radius 3 is 2.57 bits per heavy atom. The van der Waals surface area contributed by atoms with E-state index in [0.717, 1.165) is 6.07 Å². The second-order valence-corrected chi connectivity index (χ2v) is 7.55. The predicted molar refractivity (Wildman–Crippen MR) is 85.4 cm³/mol. The molecule has 122 valence electrons. The molecule has 1 aliphatic carbocycles. The SMILES string of the molecule is CC1(C)CC2(C=C(N)C1=O)CN(C(=O)c1ccc(Cl)c(F)c1)C2. The van der Waals surface area contributed by atoms with Gasteiger partial charge in [-0.15, -0.1) is 0 Å². The molecule has 1 fully saturated rings. The Balaban J connectivity index is 1.77. The Morgan fingerprint density at radius 2 is 2.00 bits per heavy atom. The van der Waals surface area contributed by atoms with E-state index in [4.69, 9.17) is 17.3 Å². The molecule has 3 rings (SSSR count). The number of allylic oxidation sites excluding steroid dienone is 1. The maximum Gasteiger partial charge on any atom is 0.254 e. The fraction of sp³-hybridized carbons (Fsp3) is 0.412. The normalized spacial score (nSPS) is 21.8. The van der Waals surface area contributed by atoms with E-state index < -0.39 is 11.2 Å². The quantitative estimate of drug-likeness (QED) is 0.857. The van der Waals surface area contributed by atoms with Crippen molar-refractivity contribution in [2.75, 3.05) is 13.1 Å². The van der Waals surface area contributed by atoms with Gasteiger partial charge in [0.25, 0.3) is 5.91 Å². The molecule has 4 nitrogen and oxygen atoms in total. The van der Waals surface area contributed by atoms with Crippen LogP contribution in [0, 0.1) is 16.6 Å². The standard InChI is InChI=1S/C17H18ClFN2O2/c1-16(2)7-17(6-13(20)14(16)22)8-21(9-17)15(23)10-3-4-11(18)12(19)5-10/h3-6H,7-9,20H2,1-2H3. The first-order valence-corrected chi connectivity index (χ1v) is 7.79. The van der Waals surface area contributed by atoms with Gasteiger partial charge in [-0.25, -0.2) is 4.39 Å². The second-order valence-electron chi connectivity index (χ2n) is 7.14. The molecule has 1 aromatic rings. The van der Waals surface area contributed by atoms with Crippen LogP contribution in [0.2, 0.25) is 5.02 Å². The van der Waals surface area contributed by atoms with Crippen LogP contribution >= 0.6 is 11.6 Å². The molecule has 0 unspecified atom stereocenters. The summed E-state index contributed by atoms with van der Waals surface area (Å²) in [5.74, 6) is -0.901. The molecule has 0 bridgehead atoms. The summed E-state index contributed by atoms with van der Waals surface area (Å²) in [4.78, 5) is 26.1. The summed E-state index contributed by atoms with van der Waals surface area (Å²) < 4.78 is 13.5. The van der Waals surface area contributed by atoms with Crippen molar-refractivity contribution in [3.63, 3.8) is 0 Å². The summed E-state index contributed by atoms with van der Waals surface area (Å²) in [5, 5.41) is -0.00937. The average molecular weight is 337 g/mol. The monoisotopic (exact) mass is 336 g/mol. The summed E-state index contributed by atoms with van der Waals surface area (Å²) >= 11 is 5.64. The topological polar surface area (TPSA) is 63.4 Å². The third kappa shape index (κ3) is 2.63. The van der Waals surface area contributed by atoms with Crippen molar-refractivity contribution in [1.82, 2.24) is 4.90 Å². The number of rotatable bonds is 1. The van der Waals surface area contributed by atoms with Crippen molar-refractivity contribution in [1.29, 1.82) is 0 Å². The molecule has 1 spiro atoms. The fourth-order valence-corrected chi connectivity index (χ4v) is 3.79. The second kappa shape index (κ2) is 5.06. The molecule has 6 heteroatoms. The average Bonchev–Trinajstić information content (AvgIpc) is 2.43. The Labute approximate surface area is 139 Å². The number of nitrogens with two attached hydrogens (primary N) is 1. The Hall–Kier alpha value is -1.88. The van der Waals surface area contributed by atoms with Gasteiger partial charge in [-0.1, -0.05) is 25.4 Å². The molecular weight excluding hydrogens is 319 g/mol. The molecular formula is C17H18ClFN2O2. The molecule has 1 aliphatic heterocycles. The lowest BCUT2D eigenvalue weighted by Crippen LogP contribution is -2.61. The van der Waals surface area contributed by atoms with E-state index in [9.17, 15) is 14.0 Å². The number of likely N-dealkylation sites (tertiary alicyclic amines) is 1. The third-order valence-corrected chi connectivity index (χ3v) is 4.90. The minimum atomic E-state index is -0.610. The van der Waals surface area contributed by atoms with Crippen molar-refractivity contribution < 1.29 is 14.0 Å². The van der Waals surface area contributed by atoms with Crippen LogP contribution < -0.4 is 5.73 Å². The van der Waals surface area contributed by atoms with Gasteiger partial charge in [0.15, 0.2) is 5.78 Å². The number of nitrogens with zero attached hydrogens (tertiary/aromatic N) is 1. The molecule has 2 aliphatic rings. The van der Waals surface area contributed by atoms with E-state index in [0.29, 0.717) is 19.5 Å². The maximum absolute atomic E-state index is 13.5. The molecule has 2 N–H and O–H groups in total. The summed E-state index contributed by atoms with van der Waals surface area (Å²) in [7, 11) is 0. The highest BCUT2D eigenvalue weighted by atomic mass is 35.5. The predicted octanol–water partition coefficient (Wildman–Crippen LogP) is 2.76. The van der Waals surface area contributed by atoms with E-state index in [1.54, 1.807) is 11.0 Å². The molecule has 23 heavy (non-hydrogen) atoms. The molecule has 0 aromatic heterocycles. The molecule has 1 heterocycles. The zero-order valence-corrected chi connectivity index (χ0v) is 13.8. The third-order valence-electron chi connectivity index (χ3n) is 4.60. The highest BCUT2D eigenvalue weighted by molar-refractivity contribution is 6.30. The zero-order chi connectivity index (χ0) is 17.0. The van der Waals surface area contributed by atoms with Gasteiger partial charge in [-0.3, -0.25) is 9.59 Å². The van der Waals surface area contributed by atoms with Crippen molar-refractivity contribution in [2.45, 2.75) is 20.3 Å². The highest BCUT2D eigenvalue weighted by Crippen LogP contribution is 2.47. The minimum absolute atomic E-state index is 0.00937. The fourth-order valence-electron chi connectivity index (χ4n) is 3.67. The first-order valence-electron chi connectivity index (χ1n) is 7.41. The molecule has 0 radical (unpaired) electrons. The number of hydrogen-bond donors (Lipinski definition) is 1. The van der Waals surface area contributed by atoms with Gasteiger partial charge in [-0.2, -0.15) is 0 Å². The van der Waals surface area contributed by atoms with Crippen molar-refractivity contribution >= 4 is 23.3 Å². The molecule has 1 aromatic carbocycles. The van der Waals surface area contributed by atoms with Crippen LogP contribution in [-0.4, -0.2) is 29.7 Å². The van der Waals surface area contributed by atoms with Crippen molar-refractivity contribution in [2.24, 2.45) is 16.6 Å². The number of halogens is 2. The number of benzene rings is 1. The van der Waals surface area contributed by atoms with E-state index >= 15 is 0 Å². The Bertz CT molecular complexity index is 736. The van der Waals surface area contributed by atoms with Gasteiger partial charge < -0.3 is 10.6 Å². The molecule has 1 amide bonds. The van der Waals surface area contributed by atoms with Crippen LogP contribution in [0.3, 0.4) is 0 Å². The Morgan fingerprint density at radius 1 is 1.35 bits per heavy atom. The number of hydrogen-bond acceptors (Lipinski definition) is 3. The number of ketones is 1. The van der Waals surface area contributed by atoms with Crippen LogP contribution in [0.5, 0.6) is 0 Å². The lowest BCUT2D eigenvalue weighted by atomic mass is 9.62. The zero-order valence-electron chi connectivity index (χ0n) is 13.0. The minimum Gasteiger partial charge on any atom is -0.396 e. The lowest BCUT2D eigenvalue weighted by molar-refractivity contribution is -0.127. The van der Waals surface area contributed by atoms with Crippen LogP contribution in [-0.2, 0) is 4.79 Å². The smallest absolute Gasteiger partial charge is 0.254 e. The van der Waals surface area contributed by atoms with Crippen LogP contribution in [0.25, 0.3) is 0 Å². The van der Waals surface area contributed by atoms with Crippen LogP contribution in [0.4, 0.5) is 4.39 Å². The van der Waals surface area contributed by atoms with E-state index in [1.165, 1.54) is 12.1 Å². The van der Waals surface area contributed by atoms with Gasteiger partial charge in [-0.05, 0) is 30.7 Å². The number of carbonyl (C=O) groups is 2. The Kier molecular flexibility index (Phi) is 3.52. The summed E-state index contributed by atoms with van der Waals surface area (Å²) in [5.41, 5.74) is 5.60. The van der Waals surface area contributed by atoms with Crippen LogP contribution in [0.1, 0.15) is 30.6 Å². The van der Waals surface area contributed by atoms with Gasteiger partial charge in [0, 0.05) is 29.5 Å². The van der Waals surface area contributed by atoms with Crippen molar-refractivity contribution in [3.8, 4) is 0 Å². The largest absolute Gasteiger partial charge is 0.396 e. The van der Waals surface area contributed by atoms with Gasteiger partial charge in [0.05, 0.1) is 10.7 Å². The number of amides is 1. The number of carbonyl (C=O) groups excluding carboxylic acids is 2. The first-order chi connectivity index (χ1) is 10.6. The van der Waals surface area contributed by atoms with E-state index in [1.807, 2.05) is 13.8 Å². The van der Waals surface area contributed by atoms with Gasteiger partial charge in [0.2, 0.25) is 0 Å². The van der Waals surface area contributed by atoms with Gasteiger partial charge in [0.1, 0.15) is 5.82 Å².